The molecule has 3 rings (SSSR count). The third kappa shape index (κ3) is 3.99. The Hall–Kier alpha value is -2.82. The number of rotatable bonds is 4. The lowest BCUT2D eigenvalue weighted by molar-refractivity contribution is -0.125. The lowest BCUT2D eigenvalue weighted by Gasteiger charge is -2.29. The van der Waals surface area contributed by atoms with Crippen LogP contribution in [-0.2, 0) is 16.0 Å². The number of carbonyl (C=O) groups is 2. The monoisotopic (exact) mass is 337 g/mol. The summed E-state index contributed by atoms with van der Waals surface area (Å²) in [5.74, 6) is -0.444. The van der Waals surface area contributed by atoms with E-state index in [1.807, 2.05) is 67.5 Å². The number of amides is 2. The first-order valence-electron chi connectivity index (χ1n) is 8.50. The standard InChI is InChI=1S/C20H23N3O2/c1-22(2)17-11-9-16(10-12-17)21-19(24)14-20(25)23-13-5-7-15-6-3-4-8-18(15)23/h3-4,6,8-12H,5,7,13-14H2,1-2H3,(H,21,24). The fourth-order valence-electron chi connectivity index (χ4n) is 3.07. The van der Waals surface area contributed by atoms with E-state index < -0.39 is 0 Å². The highest BCUT2D eigenvalue weighted by Crippen LogP contribution is 2.27. The summed E-state index contributed by atoms with van der Waals surface area (Å²) in [4.78, 5) is 28.5. The SMILES string of the molecule is CN(C)c1ccc(NC(=O)CC(=O)N2CCCc3ccccc32)cc1. The van der Waals surface area contributed by atoms with Crippen LogP contribution in [0.5, 0.6) is 0 Å². The van der Waals surface area contributed by atoms with Crippen LogP contribution in [0.1, 0.15) is 18.4 Å². The van der Waals surface area contributed by atoms with Gasteiger partial charge in [0.1, 0.15) is 6.42 Å². The van der Waals surface area contributed by atoms with Crippen molar-refractivity contribution in [1.82, 2.24) is 0 Å². The molecule has 0 fully saturated rings. The molecule has 0 atom stereocenters. The molecule has 1 heterocycles. The normalized spacial score (nSPS) is 13.1. The summed E-state index contributed by atoms with van der Waals surface area (Å²) in [6.45, 7) is 0.667. The molecule has 25 heavy (non-hydrogen) atoms. The van der Waals surface area contributed by atoms with Crippen LogP contribution in [0.25, 0.3) is 0 Å². The van der Waals surface area contributed by atoms with Gasteiger partial charge in [-0.3, -0.25) is 9.59 Å². The van der Waals surface area contributed by atoms with E-state index >= 15 is 0 Å². The summed E-state index contributed by atoms with van der Waals surface area (Å²) in [6, 6.07) is 15.4. The van der Waals surface area contributed by atoms with Crippen molar-refractivity contribution >= 4 is 28.9 Å². The van der Waals surface area contributed by atoms with Gasteiger partial charge >= 0.3 is 0 Å². The predicted octanol–water partition coefficient (Wildman–Crippen LogP) is 3.06. The van der Waals surface area contributed by atoms with E-state index in [0.29, 0.717) is 12.2 Å². The quantitative estimate of drug-likeness (QED) is 0.873. The van der Waals surface area contributed by atoms with Crippen molar-refractivity contribution in [3.05, 3.63) is 54.1 Å². The van der Waals surface area contributed by atoms with E-state index in [-0.39, 0.29) is 18.2 Å². The number of nitrogens with one attached hydrogen (secondary N) is 1. The molecule has 1 aliphatic heterocycles. The number of hydrogen-bond donors (Lipinski definition) is 1. The minimum atomic E-state index is -0.286. The Labute approximate surface area is 148 Å². The fourth-order valence-corrected chi connectivity index (χ4v) is 3.07. The van der Waals surface area contributed by atoms with Crippen LogP contribution in [0.4, 0.5) is 17.1 Å². The second-order valence-electron chi connectivity index (χ2n) is 6.44. The third-order valence-electron chi connectivity index (χ3n) is 4.39. The van der Waals surface area contributed by atoms with Crippen LogP contribution in [0, 0.1) is 0 Å². The maximum atomic E-state index is 12.6. The zero-order valence-electron chi connectivity index (χ0n) is 14.7. The minimum absolute atomic E-state index is 0.149. The van der Waals surface area contributed by atoms with Gasteiger partial charge in [-0.1, -0.05) is 18.2 Å². The summed E-state index contributed by atoms with van der Waals surface area (Å²) >= 11 is 0. The van der Waals surface area contributed by atoms with Crippen molar-refractivity contribution in [3.63, 3.8) is 0 Å². The number of hydrogen-bond acceptors (Lipinski definition) is 3. The van der Waals surface area contributed by atoms with Crippen molar-refractivity contribution in [3.8, 4) is 0 Å². The zero-order valence-corrected chi connectivity index (χ0v) is 14.7. The Kier molecular flexibility index (Phi) is 5.03. The van der Waals surface area contributed by atoms with Crippen LogP contribution >= 0.6 is 0 Å². The van der Waals surface area contributed by atoms with Gasteiger partial charge in [-0.25, -0.2) is 0 Å². The highest BCUT2D eigenvalue weighted by Gasteiger charge is 2.23. The van der Waals surface area contributed by atoms with Gasteiger partial charge < -0.3 is 15.1 Å². The molecule has 2 amide bonds. The smallest absolute Gasteiger partial charge is 0.236 e. The van der Waals surface area contributed by atoms with Gasteiger partial charge in [0.05, 0.1) is 0 Å². The molecule has 0 aliphatic carbocycles. The molecule has 2 aromatic rings. The van der Waals surface area contributed by atoms with E-state index in [1.165, 1.54) is 5.56 Å². The summed E-state index contributed by atoms with van der Waals surface area (Å²) in [5, 5.41) is 2.80. The van der Waals surface area contributed by atoms with E-state index in [2.05, 4.69) is 5.32 Å². The summed E-state index contributed by atoms with van der Waals surface area (Å²) in [5.41, 5.74) is 3.85. The average Bonchev–Trinajstić information content (AvgIpc) is 2.61. The van der Waals surface area contributed by atoms with Crippen molar-refractivity contribution in [1.29, 1.82) is 0 Å². The van der Waals surface area contributed by atoms with Crippen molar-refractivity contribution in [2.45, 2.75) is 19.3 Å². The maximum absolute atomic E-state index is 12.6. The predicted molar refractivity (Wildman–Crippen MR) is 101 cm³/mol. The van der Waals surface area contributed by atoms with Gasteiger partial charge in [-0.2, -0.15) is 0 Å². The summed E-state index contributed by atoms with van der Waals surface area (Å²) in [7, 11) is 3.92. The number of anilines is 3. The third-order valence-corrected chi connectivity index (χ3v) is 4.39. The molecular formula is C20H23N3O2. The molecule has 1 aliphatic rings. The number of fused-ring (bicyclic) bond motifs is 1. The van der Waals surface area contributed by atoms with Crippen LogP contribution in [0.3, 0.4) is 0 Å². The molecule has 0 saturated heterocycles. The number of aryl methyl sites for hydroxylation is 1. The Balaban J connectivity index is 1.62. The topological polar surface area (TPSA) is 52.7 Å². The molecule has 1 N–H and O–H groups in total. The molecule has 0 spiro atoms. The molecule has 0 aromatic heterocycles. The zero-order chi connectivity index (χ0) is 17.8. The number of para-hydroxylation sites is 1. The highest BCUT2D eigenvalue weighted by atomic mass is 16.2. The first kappa shape index (κ1) is 17.0. The molecule has 0 bridgehead atoms. The molecule has 0 unspecified atom stereocenters. The van der Waals surface area contributed by atoms with Gasteiger partial charge in [0, 0.05) is 37.7 Å². The van der Waals surface area contributed by atoms with Gasteiger partial charge in [0.2, 0.25) is 11.8 Å². The average molecular weight is 337 g/mol. The first-order valence-corrected chi connectivity index (χ1v) is 8.50. The van der Waals surface area contributed by atoms with E-state index in [9.17, 15) is 9.59 Å². The van der Waals surface area contributed by atoms with Gasteiger partial charge in [0.15, 0.2) is 0 Å². The Morgan fingerprint density at radius 1 is 1.08 bits per heavy atom. The van der Waals surface area contributed by atoms with Crippen LogP contribution in [0.2, 0.25) is 0 Å². The number of nitrogens with zero attached hydrogens (tertiary/aromatic N) is 2. The Morgan fingerprint density at radius 3 is 2.52 bits per heavy atom. The van der Waals surface area contributed by atoms with Gasteiger partial charge in [-0.15, -0.1) is 0 Å². The lowest BCUT2D eigenvalue weighted by Crippen LogP contribution is -2.37. The molecule has 5 nitrogen and oxygen atoms in total. The highest BCUT2D eigenvalue weighted by molar-refractivity contribution is 6.09. The number of benzene rings is 2. The summed E-state index contributed by atoms with van der Waals surface area (Å²) < 4.78 is 0. The van der Waals surface area contributed by atoms with E-state index in [1.54, 1.807) is 4.90 Å². The van der Waals surface area contributed by atoms with E-state index in [4.69, 9.17) is 0 Å². The maximum Gasteiger partial charge on any atom is 0.236 e. The van der Waals surface area contributed by atoms with Gasteiger partial charge in [0.25, 0.3) is 0 Å². The van der Waals surface area contributed by atoms with Gasteiger partial charge in [-0.05, 0) is 48.7 Å². The first-order chi connectivity index (χ1) is 12.0. The lowest BCUT2D eigenvalue weighted by atomic mass is 10.0. The molecule has 130 valence electrons. The molecule has 0 radical (unpaired) electrons. The largest absolute Gasteiger partial charge is 0.378 e. The molecular weight excluding hydrogens is 314 g/mol. The van der Waals surface area contributed by atoms with Crippen LogP contribution in [-0.4, -0.2) is 32.5 Å². The number of carbonyl (C=O) groups excluding carboxylic acids is 2. The fraction of sp³-hybridized carbons (Fsp3) is 0.300. The second-order valence-corrected chi connectivity index (χ2v) is 6.44. The van der Waals surface area contributed by atoms with Crippen molar-refractivity contribution in [2.75, 3.05) is 35.8 Å². The second kappa shape index (κ2) is 7.38. The van der Waals surface area contributed by atoms with Crippen LogP contribution < -0.4 is 15.1 Å². The van der Waals surface area contributed by atoms with Crippen molar-refractivity contribution < 1.29 is 9.59 Å². The summed E-state index contributed by atoms with van der Waals surface area (Å²) in [6.07, 6.45) is 1.75. The van der Waals surface area contributed by atoms with Crippen molar-refractivity contribution in [2.24, 2.45) is 0 Å². The van der Waals surface area contributed by atoms with E-state index in [0.717, 1.165) is 24.2 Å². The molecule has 5 heteroatoms. The Morgan fingerprint density at radius 2 is 1.80 bits per heavy atom. The minimum Gasteiger partial charge on any atom is -0.378 e. The molecule has 2 aromatic carbocycles. The Bertz CT molecular complexity index is 769. The van der Waals surface area contributed by atoms with Crippen LogP contribution in [0.15, 0.2) is 48.5 Å². The molecule has 0 saturated carbocycles.